The van der Waals surface area contributed by atoms with Crippen molar-refractivity contribution in [1.29, 1.82) is 0 Å². The Bertz CT molecular complexity index is 1140. The largest absolute Gasteiger partial charge is 0.573 e. The maximum Gasteiger partial charge on any atom is 0.573 e. The lowest BCUT2D eigenvalue weighted by atomic mass is 9.98. The van der Waals surface area contributed by atoms with Crippen molar-refractivity contribution in [1.82, 2.24) is 0 Å². The van der Waals surface area contributed by atoms with Crippen LogP contribution < -0.4 is 19.3 Å². The molecule has 2 atom stereocenters. The number of rotatable bonds is 8. The summed E-state index contributed by atoms with van der Waals surface area (Å²) in [6.07, 6.45) is -5.94. The summed E-state index contributed by atoms with van der Waals surface area (Å²) in [6.45, 7) is -0.0169. The first kappa shape index (κ1) is 24.7. The molecule has 0 bridgehead atoms. The zero-order valence-corrected chi connectivity index (χ0v) is 19.1. The minimum atomic E-state index is -4.77. The molecule has 0 aliphatic carbocycles. The molecule has 5 nitrogen and oxygen atoms in total. The summed E-state index contributed by atoms with van der Waals surface area (Å²) in [5, 5.41) is 10.2. The summed E-state index contributed by atoms with van der Waals surface area (Å²) in [7, 11) is 1.57. The van der Waals surface area contributed by atoms with Crippen LogP contribution in [0, 0.1) is 0 Å². The van der Waals surface area contributed by atoms with Crippen LogP contribution in [0.25, 0.3) is 0 Å². The molecule has 3 aromatic rings. The van der Waals surface area contributed by atoms with Gasteiger partial charge in [0.25, 0.3) is 0 Å². The Labute approximate surface area is 201 Å². The van der Waals surface area contributed by atoms with E-state index in [4.69, 9.17) is 4.74 Å². The lowest BCUT2D eigenvalue weighted by molar-refractivity contribution is -0.274. The number of fused-ring (bicyclic) bond motifs is 1. The van der Waals surface area contributed by atoms with Gasteiger partial charge < -0.3 is 24.4 Å². The second-order valence-electron chi connectivity index (χ2n) is 8.32. The van der Waals surface area contributed by atoms with Gasteiger partial charge in [-0.2, -0.15) is 0 Å². The molecule has 3 aromatic carbocycles. The Morgan fingerprint density at radius 2 is 1.69 bits per heavy atom. The number of methoxy groups -OCH3 is 1. The van der Waals surface area contributed by atoms with Crippen LogP contribution in [0.3, 0.4) is 0 Å². The van der Waals surface area contributed by atoms with Crippen molar-refractivity contribution >= 4 is 11.4 Å². The summed E-state index contributed by atoms with van der Waals surface area (Å²) in [4.78, 5) is 4.03. The number of aliphatic hydroxyl groups excluding tert-OH is 1. The average Bonchev–Trinajstić information content (AvgIpc) is 2.84. The molecule has 1 aliphatic heterocycles. The van der Waals surface area contributed by atoms with Gasteiger partial charge in [-0.1, -0.05) is 36.4 Å². The third-order valence-electron chi connectivity index (χ3n) is 5.87. The highest BCUT2D eigenvalue weighted by Crippen LogP contribution is 2.42. The lowest BCUT2D eigenvalue weighted by Gasteiger charge is -2.45. The molecule has 0 saturated carbocycles. The Kier molecular flexibility index (Phi) is 7.35. The van der Waals surface area contributed by atoms with Gasteiger partial charge in [-0.25, -0.2) is 4.39 Å². The fourth-order valence-corrected chi connectivity index (χ4v) is 4.39. The Morgan fingerprint density at radius 1 is 0.971 bits per heavy atom. The van der Waals surface area contributed by atoms with Gasteiger partial charge in [0.15, 0.2) is 0 Å². The van der Waals surface area contributed by atoms with Gasteiger partial charge in [-0.15, -0.1) is 13.2 Å². The number of para-hydroxylation sites is 2. The average molecular weight is 490 g/mol. The van der Waals surface area contributed by atoms with Crippen LogP contribution in [0.4, 0.5) is 28.9 Å². The highest BCUT2D eigenvalue weighted by Gasteiger charge is 2.34. The van der Waals surface area contributed by atoms with E-state index in [0.29, 0.717) is 24.4 Å². The van der Waals surface area contributed by atoms with E-state index in [2.05, 4.69) is 9.64 Å². The highest BCUT2D eigenvalue weighted by atomic mass is 19.4. The molecule has 35 heavy (non-hydrogen) atoms. The fourth-order valence-electron chi connectivity index (χ4n) is 4.39. The van der Waals surface area contributed by atoms with E-state index >= 15 is 0 Å². The molecule has 0 saturated heterocycles. The van der Waals surface area contributed by atoms with Crippen molar-refractivity contribution in [2.75, 3.05) is 36.7 Å². The standard InChI is InChI=1S/C26H26F4N2O3/c1-34-21-8-5-7-19(13-21)25-17-31(15-18-6-4-9-22(12-18)35-26(28,29)30)23-10-2-3-11-24(23)32(25)16-20(33)14-27/h2-13,20,25,33H,14-17H2,1H3/t20-,25-/m0/s1. The number of hydrogen-bond donors (Lipinski definition) is 1. The smallest absolute Gasteiger partial charge is 0.497 e. The number of β-amino-alcohol motifs (C(OH)–C–C–N with tert-alkyl or cyclic N) is 1. The van der Waals surface area contributed by atoms with Crippen molar-refractivity contribution in [2.24, 2.45) is 0 Å². The first-order valence-electron chi connectivity index (χ1n) is 11.1. The van der Waals surface area contributed by atoms with Crippen LogP contribution in [0.2, 0.25) is 0 Å². The zero-order valence-electron chi connectivity index (χ0n) is 19.1. The number of nitrogens with zero attached hydrogens (tertiary/aromatic N) is 2. The first-order valence-corrected chi connectivity index (χ1v) is 11.1. The second-order valence-corrected chi connectivity index (χ2v) is 8.32. The number of benzene rings is 3. The number of ether oxygens (including phenoxy) is 2. The summed E-state index contributed by atoms with van der Waals surface area (Å²) in [5.41, 5.74) is 3.17. The quantitative estimate of drug-likeness (QED) is 0.423. The summed E-state index contributed by atoms with van der Waals surface area (Å²) < 4.78 is 60.9. The molecule has 1 aliphatic rings. The van der Waals surface area contributed by atoms with Crippen LogP contribution in [0.5, 0.6) is 11.5 Å². The number of halogens is 4. The minimum Gasteiger partial charge on any atom is -0.497 e. The van der Waals surface area contributed by atoms with Crippen molar-refractivity contribution in [3.8, 4) is 11.5 Å². The Balaban J connectivity index is 1.71. The van der Waals surface area contributed by atoms with E-state index in [-0.39, 0.29) is 18.3 Å². The number of aliphatic hydroxyl groups is 1. The summed E-state index contributed by atoms with van der Waals surface area (Å²) >= 11 is 0. The molecular formula is C26H26F4N2O3. The SMILES string of the molecule is COc1cccc([C@@H]2CN(Cc3cccc(OC(F)(F)F)c3)c3ccccc3N2C[C@@H](O)CF)c1. The molecule has 186 valence electrons. The molecule has 0 fully saturated rings. The van der Waals surface area contributed by atoms with E-state index in [1.54, 1.807) is 13.2 Å². The maximum atomic E-state index is 13.3. The number of alkyl halides is 4. The van der Waals surface area contributed by atoms with Gasteiger partial charge in [-0.05, 0) is 47.5 Å². The number of hydrogen-bond acceptors (Lipinski definition) is 5. The van der Waals surface area contributed by atoms with Gasteiger partial charge in [0.1, 0.15) is 18.2 Å². The summed E-state index contributed by atoms with van der Waals surface area (Å²) in [5.74, 6) is 0.383. The van der Waals surface area contributed by atoms with Crippen molar-refractivity contribution in [2.45, 2.75) is 25.1 Å². The van der Waals surface area contributed by atoms with Crippen molar-refractivity contribution in [3.63, 3.8) is 0 Å². The molecule has 1 N–H and O–H groups in total. The molecule has 1 heterocycles. The predicted octanol–water partition coefficient (Wildman–Crippen LogP) is 5.49. The molecule has 9 heteroatoms. The molecule has 0 radical (unpaired) electrons. The second kappa shape index (κ2) is 10.4. The molecule has 0 unspecified atom stereocenters. The molecule has 0 aromatic heterocycles. The number of anilines is 2. The molecule has 0 amide bonds. The van der Waals surface area contributed by atoms with Crippen LogP contribution >= 0.6 is 0 Å². The lowest BCUT2D eigenvalue weighted by Crippen LogP contribution is -2.46. The molecular weight excluding hydrogens is 464 g/mol. The van der Waals surface area contributed by atoms with E-state index < -0.39 is 19.1 Å². The minimum absolute atomic E-state index is 0.0815. The normalized spacial score (nSPS) is 16.6. The van der Waals surface area contributed by atoms with Gasteiger partial charge in [0, 0.05) is 19.6 Å². The monoisotopic (exact) mass is 490 g/mol. The van der Waals surface area contributed by atoms with Gasteiger partial charge in [0.2, 0.25) is 0 Å². The molecule has 4 rings (SSSR count). The van der Waals surface area contributed by atoms with E-state index in [0.717, 1.165) is 16.9 Å². The molecule has 0 spiro atoms. The van der Waals surface area contributed by atoms with Crippen molar-refractivity contribution in [3.05, 3.63) is 83.9 Å². The van der Waals surface area contributed by atoms with Gasteiger partial charge in [-0.3, -0.25) is 0 Å². The topological polar surface area (TPSA) is 45.2 Å². The first-order chi connectivity index (χ1) is 16.8. The van der Waals surface area contributed by atoms with Crippen LogP contribution in [-0.2, 0) is 6.54 Å². The maximum absolute atomic E-state index is 13.3. The fraction of sp³-hybridized carbons (Fsp3) is 0.308. The van der Waals surface area contributed by atoms with Crippen molar-refractivity contribution < 1.29 is 32.1 Å². The van der Waals surface area contributed by atoms with Crippen LogP contribution in [0.1, 0.15) is 17.2 Å². The Morgan fingerprint density at radius 3 is 2.40 bits per heavy atom. The van der Waals surface area contributed by atoms with E-state index in [1.807, 2.05) is 53.4 Å². The van der Waals surface area contributed by atoms with Gasteiger partial charge >= 0.3 is 6.36 Å². The third-order valence-corrected chi connectivity index (χ3v) is 5.87. The summed E-state index contributed by atoms with van der Waals surface area (Å²) in [6, 6.07) is 20.7. The van der Waals surface area contributed by atoms with Crippen LogP contribution in [-0.4, -0.2) is 44.4 Å². The highest BCUT2D eigenvalue weighted by molar-refractivity contribution is 5.75. The predicted molar refractivity (Wildman–Crippen MR) is 126 cm³/mol. The van der Waals surface area contributed by atoms with E-state index in [1.165, 1.54) is 18.2 Å². The van der Waals surface area contributed by atoms with Gasteiger partial charge in [0.05, 0.1) is 30.6 Å². The third kappa shape index (κ3) is 5.97. The van der Waals surface area contributed by atoms with Crippen LogP contribution in [0.15, 0.2) is 72.8 Å². The zero-order chi connectivity index (χ0) is 25.0. The van der Waals surface area contributed by atoms with E-state index in [9.17, 15) is 22.7 Å². The Hall–Kier alpha value is -3.46.